The molecule has 1 fully saturated rings. The predicted molar refractivity (Wildman–Crippen MR) is 69.6 cm³/mol. The second kappa shape index (κ2) is 5.23. The molecule has 0 bridgehead atoms. The molecule has 16 heavy (non-hydrogen) atoms. The van der Waals surface area contributed by atoms with Crippen molar-refractivity contribution in [1.29, 1.82) is 0 Å². The van der Waals surface area contributed by atoms with Crippen LogP contribution in [0.25, 0.3) is 0 Å². The Morgan fingerprint density at radius 1 is 1.50 bits per heavy atom. The Balaban J connectivity index is 1.81. The molecule has 0 atom stereocenters. The van der Waals surface area contributed by atoms with E-state index in [0.717, 1.165) is 13.1 Å². The number of hydrogen-bond acceptors (Lipinski definition) is 3. The zero-order valence-electron chi connectivity index (χ0n) is 10.2. The van der Waals surface area contributed by atoms with Crippen molar-refractivity contribution in [2.24, 2.45) is 7.05 Å². The molecule has 1 aromatic rings. The fraction of sp³-hybridized carbons (Fsp3) is 0.750. The Morgan fingerprint density at radius 2 is 2.25 bits per heavy atom. The first-order chi connectivity index (χ1) is 7.76. The Kier molecular flexibility index (Phi) is 3.92. The van der Waals surface area contributed by atoms with Gasteiger partial charge in [-0.05, 0) is 25.2 Å². The van der Waals surface area contributed by atoms with Gasteiger partial charge in [0.15, 0.2) is 0 Å². The highest BCUT2D eigenvalue weighted by atomic mass is 32.2. The van der Waals surface area contributed by atoms with E-state index in [0.29, 0.717) is 4.75 Å². The topological polar surface area (TPSA) is 29.9 Å². The molecule has 0 aromatic carbocycles. The van der Waals surface area contributed by atoms with Gasteiger partial charge in [0.2, 0.25) is 0 Å². The van der Waals surface area contributed by atoms with Gasteiger partial charge in [-0.2, -0.15) is 16.9 Å². The van der Waals surface area contributed by atoms with Crippen LogP contribution in [0.4, 0.5) is 0 Å². The van der Waals surface area contributed by atoms with Crippen molar-refractivity contribution in [3.8, 4) is 0 Å². The molecule has 0 aliphatic heterocycles. The molecule has 1 heterocycles. The lowest BCUT2D eigenvalue weighted by Gasteiger charge is -2.27. The molecule has 1 N–H and O–H groups in total. The molecule has 1 saturated carbocycles. The summed E-state index contributed by atoms with van der Waals surface area (Å²) in [6.45, 7) is 2.05. The molecule has 1 aromatic heterocycles. The van der Waals surface area contributed by atoms with Crippen LogP contribution in [-0.2, 0) is 13.6 Å². The SMILES string of the molecule is CSC1(CNCc2ccnn2C)CCCC1. The van der Waals surface area contributed by atoms with E-state index < -0.39 is 0 Å². The number of hydrogen-bond donors (Lipinski definition) is 1. The number of nitrogens with one attached hydrogen (secondary N) is 1. The van der Waals surface area contributed by atoms with Crippen molar-refractivity contribution < 1.29 is 0 Å². The number of aromatic nitrogens is 2. The highest BCUT2D eigenvalue weighted by Gasteiger charge is 2.32. The standard InChI is InChI=1S/C12H21N3S/c1-15-11(5-8-14-15)9-13-10-12(16-2)6-3-4-7-12/h5,8,13H,3-4,6-7,9-10H2,1-2H3. The van der Waals surface area contributed by atoms with E-state index in [2.05, 4.69) is 22.7 Å². The summed E-state index contributed by atoms with van der Waals surface area (Å²) in [6.07, 6.45) is 9.63. The number of thioether (sulfide) groups is 1. The normalized spacial score (nSPS) is 19.1. The van der Waals surface area contributed by atoms with Gasteiger partial charge in [-0.3, -0.25) is 4.68 Å². The summed E-state index contributed by atoms with van der Waals surface area (Å²) in [4.78, 5) is 0. The van der Waals surface area contributed by atoms with Crippen molar-refractivity contribution in [3.63, 3.8) is 0 Å². The van der Waals surface area contributed by atoms with Crippen LogP contribution in [0, 0.1) is 0 Å². The van der Waals surface area contributed by atoms with Gasteiger partial charge in [0.05, 0.1) is 5.69 Å². The van der Waals surface area contributed by atoms with Crippen molar-refractivity contribution in [3.05, 3.63) is 18.0 Å². The molecule has 1 aliphatic rings. The van der Waals surface area contributed by atoms with Gasteiger partial charge in [0, 0.05) is 31.1 Å². The largest absolute Gasteiger partial charge is 0.310 e. The Morgan fingerprint density at radius 3 is 2.81 bits per heavy atom. The molecule has 4 heteroatoms. The highest BCUT2D eigenvalue weighted by Crippen LogP contribution is 2.39. The van der Waals surface area contributed by atoms with Gasteiger partial charge in [0.1, 0.15) is 0 Å². The average Bonchev–Trinajstić information content (AvgIpc) is 2.90. The molecule has 1 aliphatic carbocycles. The van der Waals surface area contributed by atoms with E-state index in [1.807, 2.05) is 29.7 Å². The van der Waals surface area contributed by atoms with E-state index in [1.54, 1.807) is 0 Å². The molecule has 0 unspecified atom stereocenters. The fourth-order valence-corrected chi connectivity index (χ4v) is 3.41. The molecular weight excluding hydrogens is 218 g/mol. The summed E-state index contributed by atoms with van der Waals surface area (Å²) >= 11 is 2.04. The van der Waals surface area contributed by atoms with E-state index >= 15 is 0 Å². The molecule has 0 amide bonds. The van der Waals surface area contributed by atoms with Crippen LogP contribution in [0.3, 0.4) is 0 Å². The third-order valence-corrected chi connectivity index (χ3v) is 5.04. The number of nitrogens with zero attached hydrogens (tertiary/aromatic N) is 2. The van der Waals surface area contributed by atoms with Gasteiger partial charge in [-0.25, -0.2) is 0 Å². The van der Waals surface area contributed by atoms with E-state index in [4.69, 9.17) is 0 Å². The van der Waals surface area contributed by atoms with Gasteiger partial charge in [-0.15, -0.1) is 0 Å². The first-order valence-electron chi connectivity index (χ1n) is 5.98. The van der Waals surface area contributed by atoms with Crippen LogP contribution >= 0.6 is 11.8 Å². The second-order valence-corrected chi connectivity index (χ2v) is 5.92. The summed E-state index contributed by atoms with van der Waals surface area (Å²) in [6, 6.07) is 2.08. The predicted octanol–water partition coefficient (Wildman–Crippen LogP) is 2.19. The quantitative estimate of drug-likeness (QED) is 0.854. The second-order valence-electron chi connectivity index (χ2n) is 4.64. The van der Waals surface area contributed by atoms with Crippen LogP contribution in [0.5, 0.6) is 0 Å². The average molecular weight is 239 g/mol. The zero-order valence-corrected chi connectivity index (χ0v) is 11.0. The van der Waals surface area contributed by atoms with E-state index in [9.17, 15) is 0 Å². The summed E-state index contributed by atoms with van der Waals surface area (Å²) in [7, 11) is 2.00. The van der Waals surface area contributed by atoms with Crippen molar-refractivity contribution in [2.45, 2.75) is 37.0 Å². The molecule has 3 nitrogen and oxygen atoms in total. The third-order valence-electron chi connectivity index (χ3n) is 3.62. The van der Waals surface area contributed by atoms with E-state index in [-0.39, 0.29) is 0 Å². The molecular formula is C12H21N3S. The maximum Gasteiger partial charge on any atom is 0.0518 e. The van der Waals surface area contributed by atoms with Crippen molar-refractivity contribution >= 4 is 11.8 Å². The Bertz CT molecular complexity index is 329. The Labute approximate surface area is 102 Å². The zero-order chi connectivity index (χ0) is 11.4. The minimum absolute atomic E-state index is 0.499. The lowest BCUT2D eigenvalue weighted by Crippen LogP contribution is -2.35. The van der Waals surface area contributed by atoms with Crippen LogP contribution in [0.15, 0.2) is 12.3 Å². The van der Waals surface area contributed by atoms with Crippen LogP contribution in [0.1, 0.15) is 31.4 Å². The highest BCUT2D eigenvalue weighted by molar-refractivity contribution is 8.00. The van der Waals surface area contributed by atoms with Crippen molar-refractivity contribution in [2.75, 3.05) is 12.8 Å². The Hall–Kier alpha value is -0.480. The first kappa shape index (κ1) is 12.0. The maximum absolute atomic E-state index is 4.18. The van der Waals surface area contributed by atoms with Crippen LogP contribution < -0.4 is 5.32 Å². The summed E-state index contributed by atoms with van der Waals surface area (Å²) < 4.78 is 2.44. The lowest BCUT2D eigenvalue weighted by molar-refractivity contribution is 0.521. The smallest absolute Gasteiger partial charge is 0.0518 e. The fourth-order valence-electron chi connectivity index (χ4n) is 2.47. The molecule has 0 saturated heterocycles. The summed E-state index contributed by atoms with van der Waals surface area (Å²) in [5.74, 6) is 0. The van der Waals surface area contributed by atoms with Gasteiger partial charge < -0.3 is 5.32 Å². The lowest BCUT2D eigenvalue weighted by atomic mass is 10.1. The molecule has 0 radical (unpaired) electrons. The van der Waals surface area contributed by atoms with Gasteiger partial charge in [-0.1, -0.05) is 12.8 Å². The molecule has 90 valence electrons. The van der Waals surface area contributed by atoms with Gasteiger partial charge >= 0.3 is 0 Å². The minimum atomic E-state index is 0.499. The van der Waals surface area contributed by atoms with E-state index in [1.165, 1.54) is 31.4 Å². The van der Waals surface area contributed by atoms with Crippen molar-refractivity contribution in [1.82, 2.24) is 15.1 Å². The first-order valence-corrected chi connectivity index (χ1v) is 7.21. The summed E-state index contributed by atoms with van der Waals surface area (Å²) in [5.41, 5.74) is 1.26. The maximum atomic E-state index is 4.18. The molecule has 0 spiro atoms. The van der Waals surface area contributed by atoms with Crippen LogP contribution in [-0.4, -0.2) is 27.3 Å². The summed E-state index contributed by atoms with van der Waals surface area (Å²) in [5, 5.41) is 7.76. The minimum Gasteiger partial charge on any atom is -0.310 e. The third kappa shape index (κ3) is 2.61. The van der Waals surface area contributed by atoms with Gasteiger partial charge in [0.25, 0.3) is 0 Å². The monoisotopic (exact) mass is 239 g/mol. The molecule has 2 rings (SSSR count). The van der Waals surface area contributed by atoms with Crippen LogP contribution in [0.2, 0.25) is 0 Å². The number of aryl methyl sites for hydroxylation is 1. The number of rotatable bonds is 5.